The van der Waals surface area contributed by atoms with Gasteiger partial charge in [0.15, 0.2) is 0 Å². The Balaban J connectivity index is 1.46. The molecule has 3 unspecified atom stereocenters. The van der Waals surface area contributed by atoms with Gasteiger partial charge in [0.2, 0.25) is 0 Å². The third-order valence-corrected chi connectivity index (χ3v) is 4.71. The molecule has 0 radical (unpaired) electrons. The van der Waals surface area contributed by atoms with Crippen molar-refractivity contribution in [3.8, 4) is 0 Å². The van der Waals surface area contributed by atoms with Crippen molar-refractivity contribution in [3.63, 3.8) is 0 Å². The molecular weight excluding hydrogens is 280 g/mol. The number of ether oxygens (including phenoxy) is 1. The van der Waals surface area contributed by atoms with Crippen LogP contribution in [-0.2, 0) is 4.74 Å². The predicted octanol–water partition coefficient (Wildman–Crippen LogP) is 0.724. The maximum atomic E-state index is 6.23. The number of likely N-dealkylation sites (tertiary alicyclic amines) is 1. The summed E-state index contributed by atoms with van der Waals surface area (Å²) in [7, 11) is 0. The third kappa shape index (κ3) is 2.45. The molecule has 2 saturated heterocycles. The van der Waals surface area contributed by atoms with Crippen LogP contribution in [0.15, 0.2) is 18.6 Å². The number of nitrogen functional groups attached to an aromatic ring is 1. The molecule has 4 rings (SSSR count). The highest BCUT2D eigenvalue weighted by Gasteiger charge is 2.30. The monoisotopic (exact) mass is 302 g/mol. The van der Waals surface area contributed by atoms with E-state index in [0.29, 0.717) is 11.9 Å². The Morgan fingerprint density at radius 1 is 1.27 bits per heavy atom. The van der Waals surface area contributed by atoms with Crippen molar-refractivity contribution in [1.29, 1.82) is 0 Å². The molecule has 0 amide bonds. The van der Waals surface area contributed by atoms with Crippen molar-refractivity contribution in [2.45, 2.75) is 37.6 Å². The van der Waals surface area contributed by atoms with Crippen LogP contribution >= 0.6 is 0 Å². The van der Waals surface area contributed by atoms with Gasteiger partial charge in [0.1, 0.15) is 24.0 Å². The number of fused-ring (bicyclic) bond motifs is 1. The molecule has 2 aromatic heterocycles. The van der Waals surface area contributed by atoms with Gasteiger partial charge in [0, 0.05) is 25.3 Å². The zero-order valence-electron chi connectivity index (χ0n) is 12.6. The summed E-state index contributed by atoms with van der Waals surface area (Å²) in [5, 5.41) is 0.889. The van der Waals surface area contributed by atoms with Crippen molar-refractivity contribution in [2.75, 3.05) is 25.4 Å². The maximum Gasteiger partial charge on any atom is 0.147 e. The van der Waals surface area contributed by atoms with Crippen molar-refractivity contribution >= 4 is 16.9 Å². The molecule has 2 fully saturated rings. The average molecular weight is 302 g/mol. The molecule has 7 heteroatoms. The fourth-order valence-corrected chi connectivity index (χ4v) is 3.56. The van der Waals surface area contributed by atoms with E-state index >= 15 is 0 Å². The summed E-state index contributed by atoms with van der Waals surface area (Å²) in [5.41, 5.74) is 12.7. The quantitative estimate of drug-likeness (QED) is 0.867. The number of hydrogen-bond donors (Lipinski definition) is 2. The Morgan fingerprint density at radius 2 is 2.18 bits per heavy atom. The summed E-state index contributed by atoms with van der Waals surface area (Å²) in [4.78, 5) is 10.8. The van der Waals surface area contributed by atoms with Gasteiger partial charge in [0.05, 0.1) is 11.5 Å². The largest absolute Gasteiger partial charge is 0.383 e. The number of nitrogens with zero attached hydrogens (tertiary/aromatic N) is 4. The predicted molar refractivity (Wildman–Crippen MR) is 84.1 cm³/mol. The first-order valence-corrected chi connectivity index (χ1v) is 7.91. The van der Waals surface area contributed by atoms with E-state index in [1.807, 2.05) is 12.3 Å². The molecule has 0 saturated carbocycles. The van der Waals surface area contributed by atoms with Crippen LogP contribution in [0.2, 0.25) is 0 Å². The van der Waals surface area contributed by atoms with Crippen molar-refractivity contribution in [2.24, 2.45) is 5.73 Å². The van der Waals surface area contributed by atoms with Crippen molar-refractivity contribution in [3.05, 3.63) is 18.6 Å². The van der Waals surface area contributed by atoms with Crippen LogP contribution < -0.4 is 11.5 Å². The van der Waals surface area contributed by atoms with Gasteiger partial charge >= 0.3 is 0 Å². The zero-order valence-corrected chi connectivity index (χ0v) is 12.6. The van der Waals surface area contributed by atoms with Gasteiger partial charge in [-0.25, -0.2) is 9.97 Å². The molecule has 2 aliphatic rings. The van der Waals surface area contributed by atoms with Gasteiger partial charge in [-0.3, -0.25) is 4.90 Å². The number of hydrogen-bond acceptors (Lipinski definition) is 6. The first-order chi connectivity index (χ1) is 10.7. The lowest BCUT2D eigenvalue weighted by Gasteiger charge is -2.21. The van der Waals surface area contributed by atoms with Crippen LogP contribution in [0.4, 0.5) is 5.82 Å². The second kappa shape index (κ2) is 5.49. The van der Waals surface area contributed by atoms with Gasteiger partial charge < -0.3 is 20.8 Å². The van der Waals surface area contributed by atoms with Gasteiger partial charge in [-0.1, -0.05) is 0 Å². The third-order valence-electron chi connectivity index (χ3n) is 4.71. The van der Waals surface area contributed by atoms with Gasteiger partial charge in [0.25, 0.3) is 0 Å². The summed E-state index contributed by atoms with van der Waals surface area (Å²) in [5.74, 6) is 0.518. The second-order valence-electron chi connectivity index (χ2n) is 6.32. The van der Waals surface area contributed by atoms with Crippen molar-refractivity contribution < 1.29 is 4.74 Å². The number of anilines is 1. The molecule has 22 heavy (non-hydrogen) atoms. The van der Waals surface area contributed by atoms with E-state index in [-0.39, 0.29) is 12.3 Å². The standard InChI is InChI=1S/C15H22N6O/c16-10-3-5-20(7-10)8-11-1-2-13(22-11)21-6-4-12-14(17)18-9-19-15(12)21/h4,6,9-11,13H,1-3,5,7-8,16H2,(H2,17,18,19). The van der Waals surface area contributed by atoms with Gasteiger partial charge in [-0.15, -0.1) is 0 Å². The molecule has 4 heterocycles. The summed E-state index contributed by atoms with van der Waals surface area (Å²) < 4.78 is 8.30. The van der Waals surface area contributed by atoms with E-state index in [9.17, 15) is 0 Å². The molecule has 0 spiro atoms. The van der Waals surface area contributed by atoms with E-state index in [1.165, 1.54) is 6.33 Å². The Labute approximate surface area is 129 Å². The highest BCUT2D eigenvalue weighted by Crippen LogP contribution is 2.32. The molecule has 7 nitrogen and oxygen atoms in total. The summed E-state index contributed by atoms with van der Waals surface area (Å²) in [6.45, 7) is 3.04. The molecule has 0 bridgehead atoms. The minimum Gasteiger partial charge on any atom is -0.383 e. The Morgan fingerprint density at radius 3 is 3.00 bits per heavy atom. The molecule has 0 aliphatic carbocycles. The number of aromatic nitrogens is 3. The van der Waals surface area contributed by atoms with E-state index in [0.717, 1.165) is 49.9 Å². The fraction of sp³-hybridized carbons (Fsp3) is 0.600. The van der Waals surface area contributed by atoms with Crippen LogP contribution in [0.3, 0.4) is 0 Å². The van der Waals surface area contributed by atoms with Crippen LogP contribution in [0.5, 0.6) is 0 Å². The lowest BCUT2D eigenvalue weighted by molar-refractivity contribution is -0.00857. The SMILES string of the molecule is Nc1ncnc2c1ccn2C1CCC(CN2CCC(N)C2)O1. The summed E-state index contributed by atoms with van der Waals surface area (Å²) in [6, 6.07) is 2.28. The van der Waals surface area contributed by atoms with Crippen LogP contribution in [0.25, 0.3) is 11.0 Å². The highest BCUT2D eigenvalue weighted by atomic mass is 16.5. The number of nitrogens with two attached hydrogens (primary N) is 2. The average Bonchev–Trinajstić information content (AvgIpc) is 3.19. The van der Waals surface area contributed by atoms with Crippen molar-refractivity contribution in [1.82, 2.24) is 19.4 Å². The van der Waals surface area contributed by atoms with E-state index < -0.39 is 0 Å². The minimum absolute atomic E-state index is 0.0353. The summed E-state index contributed by atoms with van der Waals surface area (Å²) >= 11 is 0. The zero-order chi connectivity index (χ0) is 15.1. The fourth-order valence-electron chi connectivity index (χ4n) is 3.56. The Bertz CT molecular complexity index is 671. The van der Waals surface area contributed by atoms with Crippen LogP contribution in [0, 0.1) is 0 Å². The van der Waals surface area contributed by atoms with Crippen LogP contribution in [0.1, 0.15) is 25.5 Å². The lowest BCUT2D eigenvalue weighted by atomic mass is 10.2. The van der Waals surface area contributed by atoms with E-state index in [1.54, 1.807) is 0 Å². The maximum absolute atomic E-state index is 6.23. The van der Waals surface area contributed by atoms with Gasteiger partial charge in [-0.05, 0) is 31.9 Å². The van der Waals surface area contributed by atoms with E-state index in [2.05, 4.69) is 19.4 Å². The second-order valence-corrected chi connectivity index (χ2v) is 6.32. The van der Waals surface area contributed by atoms with Crippen LogP contribution in [-0.4, -0.2) is 51.2 Å². The Hall–Kier alpha value is -1.70. The molecule has 0 aromatic carbocycles. The van der Waals surface area contributed by atoms with E-state index in [4.69, 9.17) is 16.2 Å². The molecule has 3 atom stereocenters. The smallest absolute Gasteiger partial charge is 0.147 e. The topological polar surface area (TPSA) is 95.2 Å². The first-order valence-electron chi connectivity index (χ1n) is 7.91. The molecular formula is C15H22N6O. The summed E-state index contributed by atoms with van der Waals surface area (Å²) in [6.07, 6.45) is 6.96. The molecule has 2 aromatic rings. The minimum atomic E-state index is 0.0353. The molecule has 4 N–H and O–H groups in total. The highest BCUT2D eigenvalue weighted by molar-refractivity contribution is 5.86. The van der Waals surface area contributed by atoms with Gasteiger partial charge in [-0.2, -0.15) is 0 Å². The molecule has 118 valence electrons. The number of rotatable bonds is 3. The first kappa shape index (κ1) is 13.9. The Kier molecular flexibility index (Phi) is 3.48. The lowest BCUT2D eigenvalue weighted by Crippen LogP contribution is -2.33. The normalized spacial score (nSPS) is 29.6. The molecule has 2 aliphatic heterocycles.